The Morgan fingerprint density at radius 1 is 1.58 bits per heavy atom. The molecule has 3 nitrogen and oxygen atoms in total. The molecule has 0 aromatic carbocycles. The van der Waals surface area contributed by atoms with E-state index in [0.29, 0.717) is 0 Å². The highest BCUT2D eigenvalue weighted by Gasteiger charge is 2.03. The van der Waals surface area contributed by atoms with Gasteiger partial charge in [-0.3, -0.25) is 4.98 Å². The van der Waals surface area contributed by atoms with E-state index in [0.717, 1.165) is 23.2 Å². The second kappa shape index (κ2) is 2.95. The van der Waals surface area contributed by atoms with Gasteiger partial charge in [0.1, 0.15) is 5.52 Å². The van der Waals surface area contributed by atoms with Crippen LogP contribution in [0.25, 0.3) is 11.1 Å². The molecule has 0 aliphatic rings. The van der Waals surface area contributed by atoms with E-state index in [9.17, 15) is 0 Å². The lowest BCUT2D eigenvalue weighted by Gasteiger charge is -1.92. The minimum atomic E-state index is 0.796. The molecule has 62 valence electrons. The van der Waals surface area contributed by atoms with Gasteiger partial charge < -0.3 is 9.73 Å². The minimum absolute atomic E-state index is 0.796. The van der Waals surface area contributed by atoms with Crippen molar-refractivity contribution in [1.29, 1.82) is 0 Å². The fraction of sp³-hybridized carbons (Fsp3) is 0.222. The zero-order valence-electron chi connectivity index (χ0n) is 6.87. The second-order valence-electron chi connectivity index (χ2n) is 2.64. The summed E-state index contributed by atoms with van der Waals surface area (Å²) in [5, 5.41) is 3.06. The van der Waals surface area contributed by atoms with E-state index in [-0.39, 0.29) is 0 Å². The average Bonchev–Trinajstić information content (AvgIpc) is 2.50. The molecule has 0 saturated carbocycles. The van der Waals surface area contributed by atoms with Crippen molar-refractivity contribution < 1.29 is 4.42 Å². The van der Waals surface area contributed by atoms with Gasteiger partial charge in [0.15, 0.2) is 5.58 Å². The second-order valence-corrected chi connectivity index (χ2v) is 2.64. The molecule has 3 heteroatoms. The van der Waals surface area contributed by atoms with E-state index in [1.54, 1.807) is 12.5 Å². The number of nitrogens with zero attached hydrogens (tertiary/aromatic N) is 1. The van der Waals surface area contributed by atoms with Gasteiger partial charge in [0.25, 0.3) is 0 Å². The highest BCUT2D eigenvalue weighted by atomic mass is 16.3. The van der Waals surface area contributed by atoms with E-state index in [1.807, 2.05) is 19.2 Å². The highest BCUT2D eigenvalue weighted by molar-refractivity contribution is 5.75. The molecular weight excluding hydrogens is 152 g/mol. The van der Waals surface area contributed by atoms with E-state index in [4.69, 9.17) is 4.42 Å². The standard InChI is InChI=1S/C9H10N2O/c1-10-5-7-6-12-8-3-2-4-11-9(7)8/h2-4,6,10H,5H2,1H3. The third-order valence-corrected chi connectivity index (χ3v) is 1.77. The van der Waals surface area contributed by atoms with Crippen molar-refractivity contribution in [3.05, 3.63) is 30.2 Å². The summed E-state index contributed by atoms with van der Waals surface area (Å²) in [6, 6.07) is 3.79. The Balaban J connectivity index is 2.55. The van der Waals surface area contributed by atoms with Crippen molar-refractivity contribution in [2.75, 3.05) is 7.05 Å². The first-order valence-corrected chi connectivity index (χ1v) is 3.87. The van der Waals surface area contributed by atoms with Gasteiger partial charge in [0.2, 0.25) is 0 Å². The normalized spacial score (nSPS) is 10.8. The molecule has 0 atom stereocenters. The van der Waals surface area contributed by atoms with Crippen LogP contribution in [0.15, 0.2) is 29.0 Å². The summed E-state index contributed by atoms with van der Waals surface area (Å²) < 4.78 is 5.30. The summed E-state index contributed by atoms with van der Waals surface area (Å²) in [4.78, 5) is 4.23. The van der Waals surface area contributed by atoms with E-state index in [1.165, 1.54) is 0 Å². The summed E-state index contributed by atoms with van der Waals surface area (Å²) in [6.45, 7) is 0.796. The SMILES string of the molecule is CNCc1coc2cccnc12. The van der Waals surface area contributed by atoms with Crippen LogP contribution >= 0.6 is 0 Å². The molecule has 0 fully saturated rings. The third kappa shape index (κ3) is 1.08. The topological polar surface area (TPSA) is 38.1 Å². The lowest BCUT2D eigenvalue weighted by atomic mass is 10.3. The van der Waals surface area contributed by atoms with Crippen molar-refractivity contribution in [1.82, 2.24) is 10.3 Å². The van der Waals surface area contributed by atoms with Gasteiger partial charge in [-0.15, -0.1) is 0 Å². The molecule has 0 bridgehead atoms. The van der Waals surface area contributed by atoms with Gasteiger partial charge in [-0.2, -0.15) is 0 Å². The Labute approximate surface area is 70.4 Å². The Morgan fingerprint density at radius 3 is 3.33 bits per heavy atom. The first-order valence-electron chi connectivity index (χ1n) is 3.87. The van der Waals surface area contributed by atoms with Crippen molar-refractivity contribution in [3.8, 4) is 0 Å². The van der Waals surface area contributed by atoms with Crippen LogP contribution in [0.1, 0.15) is 5.56 Å². The van der Waals surface area contributed by atoms with Gasteiger partial charge >= 0.3 is 0 Å². The van der Waals surface area contributed by atoms with Crippen molar-refractivity contribution in [3.63, 3.8) is 0 Å². The number of hydrogen-bond donors (Lipinski definition) is 1. The van der Waals surface area contributed by atoms with Crippen molar-refractivity contribution in [2.45, 2.75) is 6.54 Å². The fourth-order valence-electron chi connectivity index (χ4n) is 1.23. The fourth-order valence-corrected chi connectivity index (χ4v) is 1.23. The smallest absolute Gasteiger partial charge is 0.152 e. The zero-order chi connectivity index (χ0) is 8.39. The summed E-state index contributed by atoms with van der Waals surface area (Å²) in [6.07, 6.45) is 3.52. The number of fused-ring (bicyclic) bond motifs is 1. The molecule has 2 rings (SSSR count). The number of furan rings is 1. The number of nitrogens with one attached hydrogen (secondary N) is 1. The number of pyridine rings is 1. The van der Waals surface area contributed by atoms with E-state index in [2.05, 4.69) is 10.3 Å². The van der Waals surface area contributed by atoms with Crippen LogP contribution in [0.4, 0.5) is 0 Å². The molecule has 2 aromatic heterocycles. The number of hydrogen-bond acceptors (Lipinski definition) is 3. The Morgan fingerprint density at radius 2 is 2.50 bits per heavy atom. The number of rotatable bonds is 2. The molecule has 2 aromatic rings. The average molecular weight is 162 g/mol. The number of aromatic nitrogens is 1. The van der Waals surface area contributed by atoms with Crippen LogP contribution in [0.5, 0.6) is 0 Å². The molecule has 12 heavy (non-hydrogen) atoms. The maximum Gasteiger partial charge on any atom is 0.152 e. The molecule has 0 aliphatic heterocycles. The van der Waals surface area contributed by atoms with Crippen LogP contribution in [-0.4, -0.2) is 12.0 Å². The lowest BCUT2D eigenvalue weighted by molar-refractivity contribution is 0.607. The van der Waals surface area contributed by atoms with E-state index < -0.39 is 0 Å². The summed E-state index contributed by atoms with van der Waals surface area (Å²) in [7, 11) is 1.90. The predicted octanol–water partition coefficient (Wildman–Crippen LogP) is 1.55. The molecule has 0 saturated heterocycles. The maximum atomic E-state index is 5.30. The van der Waals surface area contributed by atoms with Gasteiger partial charge in [-0.05, 0) is 19.2 Å². The molecule has 0 aliphatic carbocycles. The van der Waals surface area contributed by atoms with Gasteiger partial charge in [-0.1, -0.05) is 0 Å². The molecule has 1 N–H and O–H groups in total. The van der Waals surface area contributed by atoms with Crippen LogP contribution in [-0.2, 0) is 6.54 Å². The molecule has 0 unspecified atom stereocenters. The Kier molecular flexibility index (Phi) is 1.80. The summed E-state index contributed by atoms with van der Waals surface area (Å²) in [5.74, 6) is 0. The van der Waals surface area contributed by atoms with Gasteiger partial charge in [-0.25, -0.2) is 0 Å². The predicted molar refractivity (Wildman–Crippen MR) is 46.8 cm³/mol. The van der Waals surface area contributed by atoms with Crippen molar-refractivity contribution >= 4 is 11.1 Å². The summed E-state index contributed by atoms with van der Waals surface area (Å²) in [5.41, 5.74) is 2.91. The molecule has 0 spiro atoms. The highest BCUT2D eigenvalue weighted by Crippen LogP contribution is 2.17. The van der Waals surface area contributed by atoms with Gasteiger partial charge in [0.05, 0.1) is 6.26 Å². The molecule has 2 heterocycles. The van der Waals surface area contributed by atoms with Gasteiger partial charge in [0, 0.05) is 18.3 Å². The lowest BCUT2D eigenvalue weighted by Crippen LogP contribution is -2.04. The first-order chi connectivity index (χ1) is 5.92. The Bertz CT molecular complexity index is 381. The quantitative estimate of drug-likeness (QED) is 0.728. The van der Waals surface area contributed by atoms with Crippen LogP contribution in [0.2, 0.25) is 0 Å². The van der Waals surface area contributed by atoms with E-state index >= 15 is 0 Å². The van der Waals surface area contributed by atoms with Crippen LogP contribution < -0.4 is 5.32 Å². The summed E-state index contributed by atoms with van der Waals surface area (Å²) >= 11 is 0. The monoisotopic (exact) mass is 162 g/mol. The van der Waals surface area contributed by atoms with Crippen LogP contribution in [0.3, 0.4) is 0 Å². The minimum Gasteiger partial charge on any atom is -0.462 e. The molecule has 0 amide bonds. The first kappa shape index (κ1) is 7.31. The van der Waals surface area contributed by atoms with Crippen molar-refractivity contribution in [2.24, 2.45) is 0 Å². The Hall–Kier alpha value is -1.35. The third-order valence-electron chi connectivity index (χ3n) is 1.77. The maximum absolute atomic E-state index is 5.30. The molecular formula is C9H10N2O. The zero-order valence-corrected chi connectivity index (χ0v) is 6.87. The molecule has 0 radical (unpaired) electrons. The van der Waals surface area contributed by atoms with Crippen LogP contribution in [0, 0.1) is 0 Å². The largest absolute Gasteiger partial charge is 0.462 e.